The van der Waals surface area contributed by atoms with Crippen molar-refractivity contribution in [2.45, 2.75) is 39.3 Å². The largest absolute Gasteiger partial charge is 0.372 e. The maximum Gasteiger partial charge on any atom is 0.146 e. The minimum absolute atomic E-state index is 0.148. The first-order valence-electron chi connectivity index (χ1n) is 7.34. The van der Waals surface area contributed by atoms with Crippen molar-refractivity contribution >= 4 is 5.69 Å². The van der Waals surface area contributed by atoms with E-state index in [1.165, 1.54) is 0 Å². The Morgan fingerprint density at radius 1 is 1.45 bits per heavy atom. The van der Waals surface area contributed by atoms with Gasteiger partial charge in [-0.3, -0.25) is 0 Å². The molecule has 0 saturated carbocycles. The first-order chi connectivity index (χ1) is 9.43. The van der Waals surface area contributed by atoms with Crippen LogP contribution in [0.25, 0.3) is 0 Å². The molecule has 4 heteroatoms. The third kappa shape index (κ3) is 3.49. The van der Waals surface area contributed by atoms with Gasteiger partial charge in [-0.1, -0.05) is 13.0 Å². The minimum atomic E-state index is -0.222. The Morgan fingerprint density at radius 3 is 2.80 bits per heavy atom. The number of nitrogens with one attached hydrogen (secondary N) is 1. The number of morpholine rings is 1. The van der Waals surface area contributed by atoms with Gasteiger partial charge in [-0.2, -0.15) is 0 Å². The quantitative estimate of drug-likeness (QED) is 0.917. The summed E-state index contributed by atoms with van der Waals surface area (Å²) in [6, 6.07) is 5.71. The third-order valence-electron chi connectivity index (χ3n) is 3.75. The van der Waals surface area contributed by atoms with Gasteiger partial charge in [-0.15, -0.1) is 0 Å². The van der Waals surface area contributed by atoms with Gasteiger partial charge in [0.15, 0.2) is 0 Å². The van der Waals surface area contributed by atoms with E-state index < -0.39 is 0 Å². The van der Waals surface area contributed by atoms with E-state index in [-0.39, 0.29) is 17.5 Å². The molecule has 3 nitrogen and oxygen atoms in total. The van der Waals surface area contributed by atoms with Gasteiger partial charge in [0.25, 0.3) is 0 Å². The highest BCUT2D eigenvalue weighted by molar-refractivity contribution is 5.50. The van der Waals surface area contributed by atoms with Crippen molar-refractivity contribution in [1.29, 1.82) is 0 Å². The van der Waals surface area contributed by atoms with Gasteiger partial charge < -0.3 is 15.0 Å². The highest BCUT2D eigenvalue weighted by Gasteiger charge is 2.28. The molecule has 0 radical (unpaired) electrons. The molecule has 1 heterocycles. The number of nitrogens with zero attached hydrogens (tertiary/aromatic N) is 1. The highest BCUT2D eigenvalue weighted by Crippen LogP contribution is 2.27. The summed E-state index contributed by atoms with van der Waals surface area (Å²) in [7, 11) is 0. The van der Waals surface area contributed by atoms with Gasteiger partial charge in [0, 0.05) is 19.1 Å². The van der Waals surface area contributed by atoms with Gasteiger partial charge in [-0.25, -0.2) is 4.39 Å². The van der Waals surface area contributed by atoms with Crippen molar-refractivity contribution in [3.05, 3.63) is 29.6 Å². The van der Waals surface area contributed by atoms with Crippen molar-refractivity contribution in [2.75, 3.05) is 31.1 Å². The Kier molecular flexibility index (Phi) is 4.66. The summed E-state index contributed by atoms with van der Waals surface area (Å²) in [5.41, 5.74) is 1.44. The molecule has 0 aliphatic carbocycles. The molecular formula is C16H25FN2O. The van der Waals surface area contributed by atoms with Crippen LogP contribution < -0.4 is 10.2 Å². The Hall–Kier alpha value is -1.13. The van der Waals surface area contributed by atoms with E-state index in [2.05, 4.69) is 24.1 Å². The molecule has 1 aliphatic rings. The fourth-order valence-electron chi connectivity index (χ4n) is 2.70. The molecule has 1 atom stereocenters. The van der Waals surface area contributed by atoms with Crippen LogP contribution in [0.2, 0.25) is 0 Å². The van der Waals surface area contributed by atoms with Crippen LogP contribution in [-0.4, -0.2) is 31.8 Å². The SMILES string of the molecule is CCNC(C)c1ccc(N2CCOC(C)(C)C2)c(F)c1. The van der Waals surface area contributed by atoms with Gasteiger partial charge in [-0.05, 0) is 45.0 Å². The second-order valence-corrected chi connectivity index (χ2v) is 6.02. The molecule has 1 aliphatic heterocycles. The number of anilines is 1. The van der Waals surface area contributed by atoms with Gasteiger partial charge >= 0.3 is 0 Å². The van der Waals surface area contributed by atoms with Crippen LogP contribution in [0.1, 0.15) is 39.3 Å². The number of hydrogen-bond donors (Lipinski definition) is 1. The van der Waals surface area contributed by atoms with Gasteiger partial charge in [0.05, 0.1) is 17.9 Å². The van der Waals surface area contributed by atoms with Crippen molar-refractivity contribution in [1.82, 2.24) is 5.32 Å². The van der Waals surface area contributed by atoms with Crippen LogP contribution in [-0.2, 0) is 4.74 Å². The zero-order valence-corrected chi connectivity index (χ0v) is 12.9. The lowest BCUT2D eigenvalue weighted by Crippen LogP contribution is -2.48. The predicted molar refractivity (Wildman–Crippen MR) is 80.7 cm³/mol. The van der Waals surface area contributed by atoms with E-state index >= 15 is 0 Å². The average Bonchev–Trinajstić information content (AvgIpc) is 2.37. The van der Waals surface area contributed by atoms with E-state index in [9.17, 15) is 4.39 Å². The Morgan fingerprint density at radius 2 is 2.20 bits per heavy atom. The number of benzene rings is 1. The fourth-order valence-corrected chi connectivity index (χ4v) is 2.70. The topological polar surface area (TPSA) is 24.5 Å². The van der Waals surface area contributed by atoms with E-state index in [1.807, 2.05) is 26.0 Å². The molecule has 0 spiro atoms. The van der Waals surface area contributed by atoms with Gasteiger partial charge in [0.2, 0.25) is 0 Å². The Bertz CT molecular complexity index is 462. The lowest BCUT2D eigenvalue weighted by Gasteiger charge is -2.39. The van der Waals surface area contributed by atoms with Crippen LogP contribution in [0.5, 0.6) is 0 Å². The molecule has 112 valence electrons. The smallest absolute Gasteiger partial charge is 0.146 e. The molecular weight excluding hydrogens is 255 g/mol. The van der Waals surface area contributed by atoms with E-state index in [1.54, 1.807) is 6.07 Å². The summed E-state index contributed by atoms with van der Waals surface area (Å²) in [6.45, 7) is 11.2. The Labute approximate surface area is 121 Å². The zero-order valence-electron chi connectivity index (χ0n) is 12.9. The van der Waals surface area contributed by atoms with Crippen LogP contribution in [0.4, 0.5) is 10.1 Å². The van der Waals surface area contributed by atoms with Crippen LogP contribution >= 0.6 is 0 Å². The maximum absolute atomic E-state index is 14.4. The first-order valence-corrected chi connectivity index (χ1v) is 7.34. The lowest BCUT2D eigenvalue weighted by atomic mass is 10.0. The monoisotopic (exact) mass is 280 g/mol. The van der Waals surface area contributed by atoms with E-state index in [0.29, 0.717) is 18.8 Å². The molecule has 0 bridgehead atoms. The molecule has 1 saturated heterocycles. The molecule has 1 unspecified atom stereocenters. The fraction of sp³-hybridized carbons (Fsp3) is 0.625. The van der Waals surface area contributed by atoms with Crippen LogP contribution in [0.3, 0.4) is 0 Å². The molecule has 1 aromatic rings. The summed E-state index contributed by atoms with van der Waals surface area (Å²) >= 11 is 0. The summed E-state index contributed by atoms with van der Waals surface area (Å²) in [4.78, 5) is 2.07. The number of rotatable bonds is 4. The molecule has 20 heavy (non-hydrogen) atoms. The van der Waals surface area contributed by atoms with Gasteiger partial charge in [0.1, 0.15) is 5.82 Å². The summed E-state index contributed by atoms with van der Waals surface area (Å²) in [5, 5.41) is 3.30. The van der Waals surface area contributed by atoms with Crippen molar-refractivity contribution in [3.63, 3.8) is 0 Å². The molecule has 0 amide bonds. The summed E-state index contributed by atoms with van der Waals surface area (Å²) < 4.78 is 20.1. The average molecular weight is 280 g/mol. The number of halogens is 1. The Balaban J connectivity index is 2.17. The van der Waals surface area contributed by atoms with E-state index in [4.69, 9.17) is 4.74 Å². The van der Waals surface area contributed by atoms with Crippen LogP contribution in [0.15, 0.2) is 18.2 Å². The number of hydrogen-bond acceptors (Lipinski definition) is 3. The zero-order chi connectivity index (χ0) is 14.8. The third-order valence-corrected chi connectivity index (χ3v) is 3.75. The maximum atomic E-state index is 14.4. The van der Waals surface area contributed by atoms with E-state index in [0.717, 1.165) is 18.7 Å². The molecule has 1 fully saturated rings. The van der Waals surface area contributed by atoms with Crippen molar-refractivity contribution in [3.8, 4) is 0 Å². The second-order valence-electron chi connectivity index (χ2n) is 6.02. The highest BCUT2D eigenvalue weighted by atomic mass is 19.1. The van der Waals surface area contributed by atoms with Crippen molar-refractivity contribution < 1.29 is 9.13 Å². The number of ether oxygens (including phenoxy) is 1. The van der Waals surface area contributed by atoms with Crippen molar-refractivity contribution in [2.24, 2.45) is 0 Å². The molecule has 0 aromatic heterocycles. The summed E-state index contributed by atoms with van der Waals surface area (Å²) in [5.74, 6) is -0.148. The molecule has 2 rings (SSSR count). The summed E-state index contributed by atoms with van der Waals surface area (Å²) in [6.07, 6.45) is 0. The lowest BCUT2D eigenvalue weighted by molar-refractivity contribution is -0.0278. The molecule has 1 N–H and O–H groups in total. The normalized spacial score (nSPS) is 19.9. The molecule has 1 aromatic carbocycles. The van der Waals surface area contributed by atoms with Crippen LogP contribution in [0, 0.1) is 5.82 Å². The standard InChI is InChI=1S/C16H25FN2O/c1-5-18-12(2)13-6-7-15(14(17)10-13)19-8-9-20-16(3,4)11-19/h6-7,10,12,18H,5,8-9,11H2,1-4H3. The predicted octanol–water partition coefficient (Wildman–Crippen LogP) is 3.11. The minimum Gasteiger partial charge on any atom is -0.372 e. The second kappa shape index (κ2) is 6.10. The first kappa shape index (κ1) is 15.3.